The fourth-order valence-corrected chi connectivity index (χ4v) is 2.63. The van der Waals surface area contributed by atoms with E-state index >= 15 is 0 Å². The first-order valence-corrected chi connectivity index (χ1v) is 8.10. The Hall–Kier alpha value is -2.08. The molecule has 1 aliphatic rings. The molecule has 1 saturated heterocycles. The van der Waals surface area contributed by atoms with E-state index in [-0.39, 0.29) is 11.8 Å². The molecule has 1 aromatic rings. The van der Waals surface area contributed by atoms with Gasteiger partial charge >= 0.3 is 0 Å². The SMILES string of the molecule is CCC(=O)N[C@H](Cc1ccc(N)cc1)C(=O)N1CCN(C)CC1. The van der Waals surface area contributed by atoms with Gasteiger partial charge in [0, 0.05) is 44.7 Å². The Bertz CT molecular complexity index is 536. The standard InChI is InChI=1S/C17H26N4O2/c1-3-16(22)19-15(12-13-4-6-14(18)7-5-13)17(23)21-10-8-20(2)9-11-21/h4-7,15H,3,8-12,18H2,1-2H3,(H,19,22)/t15-/m1/s1. The van der Waals surface area contributed by atoms with Gasteiger partial charge in [0.15, 0.2) is 0 Å². The monoisotopic (exact) mass is 318 g/mol. The molecule has 1 heterocycles. The molecule has 2 rings (SSSR count). The van der Waals surface area contributed by atoms with E-state index in [9.17, 15) is 9.59 Å². The maximum Gasteiger partial charge on any atom is 0.245 e. The average Bonchev–Trinajstić information content (AvgIpc) is 2.56. The van der Waals surface area contributed by atoms with Crippen LogP contribution in [0.5, 0.6) is 0 Å². The quantitative estimate of drug-likeness (QED) is 0.774. The van der Waals surface area contributed by atoms with Crippen LogP contribution in [0.25, 0.3) is 0 Å². The normalized spacial score (nSPS) is 16.9. The highest BCUT2D eigenvalue weighted by Crippen LogP contribution is 2.11. The Morgan fingerprint density at radius 1 is 1.17 bits per heavy atom. The number of carbonyl (C=O) groups excluding carboxylic acids is 2. The molecule has 0 bridgehead atoms. The van der Waals surface area contributed by atoms with Crippen molar-refractivity contribution >= 4 is 17.5 Å². The summed E-state index contributed by atoms with van der Waals surface area (Å²) in [4.78, 5) is 28.6. The fourth-order valence-electron chi connectivity index (χ4n) is 2.63. The van der Waals surface area contributed by atoms with Crippen molar-refractivity contribution in [2.24, 2.45) is 0 Å². The predicted octanol–water partition coefficient (Wildman–Crippen LogP) is 0.480. The predicted molar refractivity (Wildman–Crippen MR) is 90.9 cm³/mol. The molecule has 23 heavy (non-hydrogen) atoms. The largest absolute Gasteiger partial charge is 0.399 e. The Morgan fingerprint density at radius 3 is 2.35 bits per heavy atom. The topological polar surface area (TPSA) is 78.7 Å². The minimum atomic E-state index is -0.519. The van der Waals surface area contributed by atoms with Crippen molar-refractivity contribution in [3.05, 3.63) is 29.8 Å². The molecule has 1 aliphatic heterocycles. The van der Waals surface area contributed by atoms with Crippen molar-refractivity contribution in [3.63, 3.8) is 0 Å². The van der Waals surface area contributed by atoms with Crippen molar-refractivity contribution in [2.75, 3.05) is 39.0 Å². The average molecular weight is 318 g/mol. The highest BCUT2D eigenvalue weighted by Gasteiger charge is 2.27. The van der Waals surface area contributed by atoms with Gasteiger partial charge in [-0.25, -0.2) is 0 Å². The van der Waals surface area contributed by atoms with Gasteiger partial charge in [-0.3, -0.25) is 9.59 Å². The van der Waals surface area contributed by atoms with Gasteiger partial charge in [0.05, 0.1) is 0 Å². The van der Waals surface area contributed by atoms with Crippen LogP contribution in [0.15, 0.2) is 24.3 Å². The van der Waals surface area contributed by atoms with Crippen LogP contribution < -0.4 is 11.1 Å². The highest BCUT2D eigenvalue weighted by atomic mass is 16.2. The molecule has 1 atom stereocenters. The van der Waals surface area contributed by atoms with E-state index in [4.69, 9.17) is 5.73 Å². The zero-order valence-corrected chi connectivity index (χ0v) is 13.9. The van der Waals surface area contributed by atoms with Gasteiger partial charge in [0.2, 0.25) is 11.8 Å². The smallest absolute Gasteiger partial charge is 0.245 e. The summed E-state index contributed by atoms with van der Waals surface area (Å²) in [7, 11) is 2.05. The van der Waals surface area contributed by atoms with Crippen LogP contribution >= 0.6 is 0 Å². The number of anilines is 1. The molecule has 1 aromatic carbocycles. The Morgan fingerprint density at radius 2 is 1.78 bits per heavy atom. The minimum absolute atomic E-state index is 0.00303. The first kappa shape index (κ1) is 17.3. The minimum Gasteiger partial charge on any atom is -0.399 e. The van der Waals surface area contributed by atoms with Gasteiger partial charge in [0.1, 0.15) is 6.04 Å². The summed E-state index contributed by atoms with van der Waals surface area (Å²) in [6.45, 7) is 4.92. The second-order valence-electron chi connectivity index (χ2n) is 6.05. The van der Waals surface area contributed by atoms with E-state index in [0.29, 0.717) is 31.6 Å². The van der Waals surface area contributed by atoms with Gasteiger partial charge in [-0.05, 0) is 24.7 Å². The fraction of sp³-hybridized carbons (Fsp3) is 0.529. The lowest BCUT2D eigenvalue weighted by Gasteiger charge is -2.34. The summed E-state index contributed by atoms with van der Waals surface area (Å²) in [5.41, 5.74) is 7.38. The van der Waals surface area contributed by atoms with Crippen LogP contribution in [-0.4, -0.2) is 60.9 Å². The number of nitrogens with two attached hydrogens (primary N) is 1. The van der Waals surface area contributed by atoms with Gasteiger partial charge in [0.25, 0.3) is 0 Å². The van der Waals surface area contributed by atoms with E-state index in [1.165, 1.54) is 0 Å². The number of hydrogen-bond acceptors (Lipinski definition) is 4. The molecule has 6 heteroatoms. The number of hydrogen-bond donors (Lipinski definition) is 2. The second kappa shape index (κ2) is 7.97. The molecule has 0 aromatic heterocycles. The van der Waals surface area contributed by atoms with Crippen molar-refractivity contribution in [2.45, 2.75) is 25.8 Å². The van der Waals surface area contributed by atoms with Crippen molar-refractivity contribution in [1.29, 1.82) is 0 Å². The van der Waals surface area contributed by atoms with Crippen LogP contribution in [0.2, 0.25) is 0 Å². The van der Waals surface area contributed by atoms with Crippen molar-refractivity contribution in [1.82, 2.24) is 15.1 Å². The molecule has 126 valence electrons. The molecule has 3 N–H and O–H groups in total. The van der Waals surface area contributed by atoms with Crippen LogP contribution in [0, 0.1) is 0 Å². The van der Waals surface area contributed by atoms with E-state index in [1.807, 2.05) is 36.2 Å². The van der Waals surface area contributed by atoms with E-state index in [1.54, 1.807) is 6.92 Å². The molecule has 6 nitrogen and oxygen atoms in total. The van der Waals surface area contributed by atoms with E-state index in [0.717, 1.165) is 18.7 Å². The molecule has 0 saturated carbocycles. The third-order valence-corrected chi connectivity index (χ3v) is 4.19. The first-order valence-electron chi connectivity index (χ1n) is 8.10. The van der Waals surface area contributed by atoms with E-state index < -0.39 is 6.04 Å². The zero-order valence-electron chi connectivity index (χ0n) is 13.9. The number of nitrogens with one attached hydrogen (secondary N) is 1. The van der Waals surface area contributed by atoms with Crippen molar-refractivity contribution < 1.29 is 9.59 Å². The van der Waals surface area contributed by atoms with E-state index in [2.05, 4.69) is 10.2 Å². The number of likely N-dealkylation sites (N-methyl/N-ethyl adjacent to an activating group) is 1. The lowest BCUT2D eigenvalue weighted by molar-refractivity contribution is -0.137. The van der Waals surface area contributed by atoms with Crippen LogP contribution in [0.3, 0.4) is 0 Å². The third kappa shape index (κ3) is 4.96. The number of carbonyl (C=O) groups is 2. The molecule has 0 unspecified atom stereocenters. The van der Waals surface area contributed by atoms with Crippen LogP contribution in [0.4, 0.5) is 5.69 Å². The first-order chi connectivity index (χ1) is 11.0. The maximum atomic E-state index is 12.8. The Balaban J connectivity index is 2.07. The highest BCUT2D eigenvalue weighted by molar-refractivity contribution is 5.88. The van der Waals surface area contributed by atoms with Gasteiger partial charge in [-0.2, -0.15) is 0 Å². The van der Waals surface area contributed by atoms with Gasteiger partial charge < -0.3 is 20.9 Å². The van der Waals surface area contributed by atoms with Crippen molar-refractivity contribution in [3.8, 4) is 0 Å². The lowest BCUT2D eigenvalue weighted by Crippen LogP contribution is -2.54. The second-order valence-corrected chi connectivity index (χ2v) is 6.05. The summed E-state index contributed by atoms with van der Waals surface area (Å²) >= 11 is 0. The molecule has 1 fully saturated rings. The number of piperazine rings is 1. The van der Waals surface area contributed by atoms with Crippen LogP contribution in [0.1, 0.15) is 18.9 Å². The summed E-state index contributed by atoms with van der Waals surface area (Å²) in [5, 5.41) is 2.86. The van der Waals surface area contributed by atoms with Gasteiger partial charge in [-0.1, -0.05) is 19.1 Å². The lowest BCUT2D eigenvalue weighted by atomic mass is 10.0. The molecular formula is C17H26N4O2. The van der Waals surface area contributed by atoms with Gasteiger partial charge in [-0.15, -0.1) is 0 Å². The summed E-state index contributed by atoms with van der Waals surface area (Å²) in [6, 6.07) is 6.91. The number of rotatable bonds is 5. The molecular weight excluding hydrogens is 292 g/mol. The number of benzene rings is 1. The summed E-state index contributed by atoms with van der Waals surface area (Å²) in [6.07, 6.45) is 0.853. The molecule has 0 spiro atoms. The Kier molecular flexibility index (Phi) is 5.98. The summed E-state index contributed by atoms with van der Waals surface area (Å²) in [5.74, 6) is -0.107. The zero-order chi connectivity index (χ0) is 16.8. The van der Waals surface area contributed by atoms with Crippen LogP contribution in [-0.2, 0) is 16.0 Å². The number of amides is 2. The third-order valence-electron chi connectivity index (χ3n) is 4.19. The molecule has 2 amide bonds. The number of nitrogens with zero attached hydrogens (tertiary/aromatic N) is 2. The maximum absolute atomic E-state index is 12.8. The Labute approximate surface area is 137 Å². The molecule has 0 radical (unpaired) electrons. The number of nitrogen functional groups attached to an aromatic ring is 1. The molecule has 0 aliphatic carbocycles. The summed E-state index contributed by atoms with van der Waals surface area (Å²) < 4.78 is 0.